The first kappa shape index (κ1) is 13.9. The molecule has 0 aliphatic carbocycles. The van der Waals surface area contributed by atoms with Crippen molar-refractivity contribution in [3.63, 3.8) is 0 Å². The van der Waals surface area contributed by atoms with Crippen LogP contribution in [0.25, 0.3) is 0 Å². The molecule has 4 N–H and O–H groups in total. The van der Waals surface area contributed by atoms with E-state index in [1.54, 1.807) is 42.5 Å². The second-order valence-corrected chi connectivity index (χ2v) is 4.28. The number of carbonyl (C=O) groups is 1. The summed E-state index contributed by atoms with van der Waals surface area (Å²) in [4.78, 5) is 11.2. The van der Waals surface area contributed by atoms with Gasteiger partial charge in [-0.05, 0) is 23.8 Å². The number of benzene rings is 2. The van der Waals surface area contributed by atoms with Crippen molar-refractivity contribution in [2.24, 2.45) is 0 Å². The number of anilines is 1. The Labute approximate surface area is 116 Å². The first-order valence-corrected chi connectivity index (χ1v) is 6.05. The molecule has 0 aliphatic rings. The predicted molar refractivity (Wildman–Crippen MR) is 74.5 cm³/mol. The lowest BCUT2D eigenvalue weighted by molar-refractivity contribution is 0.0695. The second-order valence-electron chi connectivity index (χ2n) is 4.28. The molecule has 0 amide bonds. The number of aromatic carboxylic acids is 1. The van der Waals surface area contributed by atoms with Crippen molar-refractivity contribution in [1.29, 1.82) is 0 Å². The summed E-state index contributed by atoms with van der Waals surface area (Å²) in [7, 11) is 0. The molecule has 104 valence electrons. The van der Waals surface area contributed by atoms with Crippen molar-refractivity contribution >= 4 is 11.7 Å². The molecular weight excluding hydrogens is 258 g/mol. The van der Waals surface area contributed by atoms with Gasteiger partial charge in [0.05, 0.1) is 12.2 Å². The molecule has 20 heavy (non-hydrogen) atoms. The first-order chi connectivity index (χ1) is 9.61. The maximum absolute atomic E-state index is 11.2. The average Bonchev–Trinajstić information content (AvgIpc) is 2.45. The maximum Gasteiger partial charge on any atom is 0.338 e. The average molecular weight is 273 g/mol. The Bertz CT molecular complexity index is 608. The molecule has 0 heterocycles. The molecule has 2 rings (SSSR count). The molecule has 5 heteroatoms. The van der Waals surface area contributed by atoms with Crippen LogP contribution in [0, 0.1) is 0 Å². The standard InChI is InChI=1S/C15H15NO4/c16-13-3-1-2-11(14(13)15(18)19)9-20-12-6-4-10(8-17)5-7-12/h1-7,17H,8-9,16H2,(H,18,19). The molecule has 0 bridgehead atoms. The molecule has 0 atom stereocenters. The summed E-state index contributed by atoms with van der Waals surface area (Å²) < 4.78 is 5.54. The number of rotatable bonds is 5. The molecule has 2 aromatic rings. The molecular formula is C15H15NO4. The number of aliphatic hydroxyl groups excluding tert-OH is 1. The highest BCUT2D eigenvalue weighted by molar-refractivity contribution is 5.95. The van der Waals surface area contributed by atoms with E-state index in [1.807, 2.05) is 0 Å². The third-order valence-electron chi connectivity index (χ3n) is 2.90. The van der Waals surface area contributed by atoms with Crippen LogP contribution in [0.1, 0.15) is 21.5 Å². The Hall–Kier alpha value is -2.53. The molecule has 0 saturated carbocycles. The summed E-state index contributed by atoms with van der Waals surface area (Å²) >= 11 is 0. The summed E-state index contributed by atoms with van der Waals surface area (Å²) in [5.41, 5.74) is 7.25. The van der Waals surface area contributed by atoms with Gasteiger partial charge in [0.1, 0.15) is 12.4 Å². The Balaban J connectivity index is 2.14. The van der Waals surface area contributed by atoms with Crippen LogP contribution in [-0.4, -0.2) is 16.2 Å². The zero-order valence-electron chi connectivity index (χ0n) is 10.7. The minimum atomic E-state index is -1.07. The molecule has 0 radical (unpaired) electrons. The lowest BCUT2D eigenvalue weighted by Crippen LogP contribution is -2.09. The molecule has 0 aromatic heterocycles. The van der Waals surface area contributed by atoms with E-state index >= 15 is 0 Å². The monoisotopic (exact) mass is 273 g/mol. The van der Waals surface area contributed by atoms with Gasteiger partial charge in [0.25, 0.3) is 0 Å². The van der Waals surface area contributed by atoms with Crippen LogP contribution >= 0.6 is 0 Å². The summed E-state index contributed by atoms with van der Waals surface area (Å²) in [5, 5.41) is 18.1. The minimum absolute atomic E-state index is 0.0291. The largest absolute Gasteiger partial charge is 0.489 e. The summed E-state index contributed by atoms with van der Waals surface area (Å²) in [6.45, 7) is 0.0871. The fourth-order valence-corrected chi connectivity index (χ4v) is 1.85. The fraction of sp³-hybridized carbons (Fsp3) is 0.133. The van der Waals surface area contributed by atoms with Crippen molar-refractivity contribution < 1.29 is 19.7 Å². The van der Waals surface area contributed by atoms with Gasteiger partial charge in [-0.15, -0.1) is 0 Å². The molecule has 5 nitrogen and oxygen atoms in total. The van der Waals surface area contributed by atoms with Gasteiger partial charge in [-0.1, -0.05) is 24.3 Å². The number of nitrogen functional groups attached to an aromatic ring is 1. The van der Waals surface area contributed by atoms with E-state index in [0.29, 0.717) is 11.3 Å². The summed E-state index contributed by atoms with van der Waals surface area (Å²) in [6.07, 6.45) is 0. The van der Waals surface area contributed by atoms with Crippen LogP contribution < -0.4 is 10.5 Å². The first-order valence-electron chi connectivity index (χ1n) is 6.05. The Kier molecular flexibility index (Phi) is 4.22. The number of hydrogen-bond donors (Lipinski definition) is 3. The zero-order chi connectivity index (χ0) is 14.5. The van der Waals surface area contributed by atoms with Crippen molar-refractivity contribution in [1.82, 2.24) is 0 Å². The van der Waals surface area contributed by atoms with E-state index in [-0.39, 0.29) is 24.5 Å². The Morgan fingerprint density at radius 1 is 1.15 bits per heavy atom. The number of aliphatic hydroxyl groups is 1. The molecule has 0 fully saturated rings. The maximum atomic E-state index is 11.2. The van der Waals surface area contributed by atoms with Gasteiger partial charge in [-0.25, -0.2) is 4.79 Å². The third-order valence-corrected chi connectivity index (χ3v) is 2.90. The zero-order valence-corrected chi connectivity index (χ0v) is 10.7. The number of carboxylic acids is 1. The van der Waals surface area contributed by atoms with Gasteiger partial charge in [-0.3, -0.25) is 0 Å². The number of carboxylic acid groups (broad SMARTS) is 1. The van der Waals surface area contributed by atoms with Gasteiger partial charge < -0.3 is 20.7 Å². The highest BCUT2D eigenvalue weighted by atomic mass is 16.5. The molecule has 0 saturated heterocycles. The van der Waals surface area contributed by atoms with E-state index in [4.69, 9.17) is 20.7 Å². The van der Waals surface area contributed by atoms with Crippen LogP contribution in [0.3, 0.4) is 0 Å². The Morgan fingerprint density at radius 2 is 1.85 bits per heavy atom. The van der Waals surface area contributed by atoms with Gasteiger partial charge in [0.2, 0.25) is 0 Å². The quantitative estimate of drug-likeness (QED) is 0.725. The second kappa shape index (κ2) is 6.08. The van der Waals surface area contributed by atoms with Crippen LogP contribution in [0.15, 0.2) is 42.5 Å². The third kappa shape index (κ3) is 3.07. The van der Waals surface area contributed by atoms with Crippen molar-refractivity contribution in [3.05, 3.63) is 59.2 Å². The predicted octanol–water partition coefficient (Wildman–Crippen LogP) is 2.04. The van der Waals surface area contributed by atoms with Crippen molar-refractivity contribution in [2.45, 2.75) is 13.2 Å². The topological polar surface area (TPSA) is 92.8 Å². The van der Waals surface area contributed by atoms with E-state index in [0.717, 1.165) is 5.56 Å². The highest BCUT2D eigenvalue weighted by Gasteiger charge is 2.13. The van der Waals surface area contributed by atoms with Gasteiger partial charge in [0, 0.05) is 11.3 Å². The number of nitrogens with two attached hydrogens (primary N) is 1. The summed E-state index contributed by atoms with van der Waals surface area (Å²) in [5.74, 6) is -0.474. The lowest BCUT2D eigenvalue weighted by Gasteiger charge is -2.10. The van der Waals surface area contributed by atoms with E-state index in [2.05, 4.69) is 0 Å². The Morgan fingerprint density at radius 3 is 2.45 bits per heavy atom. The van der Waals surface area contributed by atoms with Crippen molar-refractivity contribution in [3.8, 4) is 5.75 Å². The van der Waals surface area contributed by atoms with E-state index in [9.17, 15) is 4.79 Å². The fourth-order valence-electron chi connectivity index (χ4n) is 1.85. The number of ether oxygens (including phenoxy) is 1. The molecule has 0 aliphatic heterocycles. The number of hydrogen-bond acceptors (Lipinski definition) is 4. The molecule has 0 unspecified atom stereocenters. The van der Waals surface area contributed by atoms with Gasteiger partial charge in [0.15, 0.2) is 0 Å². The van der Waals surface area contributed by atoms with E-state index in [1.165, 1.54) is 0 Å². The minimum Gasteiger partial charge on any atom is -0.489 e. The van der Waals surface area contributed by atoms with Crippen LogP contribution in [0.4, 0.5) is 5.69 Å². The highest BCUT2D eigenvalue weighted by Crippen LogP contribution is 2.20. The van der Waals surface area contributed by atoms with Gasteiger partial charge in [-0.2, -0.15) is 0 Å². The van der Waals surface area contributed by atoms with Crippen LogP contribution in [0.2, 0.25) is 0 Å². The van der Waals surface area contributed by atoms with Crippen molar-refractivity contribution in [2.75, 3.05) is 5.73 Å². The van der Waals surface area contributed by atoms with Crippen LogP contribution in [0.5, 0.6) is 5.75 Å². The SMILES string of the molecule is Nc1cccc(COc2ccc(CO)cc2)c1C(=O)O. The normalized spacial score (nSPS) is 10.2. The van der Waals surface area contributed by atoms with E-state index < -0.39 is 5.97 Å². The lowest BCUT2D eigenvalue weighted by atomic mass is 10.1. The van der Waals surface area contributed by atoms with Gasteiger partial charge >= 0.3 is 5.97 Å². The summed E-state index contributed by atoms with van der Waals surface area (Å²) in [6, 6.07) is 11.8. The molecule has 0 spiro atoms. The van der Waals surface area contributed by atoms with Crippen LogP contribution in [-0.2, 0) is 13.2 Å². The smallest absolute Gasteiger partial charge is 0.338 e. The molecule has 2 aromatic carbocycles.